The van der Waals surface area contributed by atoms with E-state index < -0.39 is 5.60 Å². The van der Waals surface area contributed by atoms with Gasteiger partial charge in [-0.15, -0.1) is 0 Å². The number of oxime groups is 1. The van der Waals surface area contributed by atoms with E-state index in [1.54, 1.807) is 29.2 Å². The van der Waals surface area contributed by atoms with E-state index in [1.807, 2.05) is 38.1 Å². The van der Waals surface area contributed by atoms with E-state index in [0.29, 0.717) is 56.3 Å². The van der Waals surface area contributed by atoms with Crippen molar-refractivity contribution in [2.45, 2.75) is 32.3 Å². The zero-order valence-electron chi connectivity index (χ0n) is 19.4. The Hall–Kier alpha value is -3.75. The summed E-state index contributed by atoms with van der Waals surface area (Å²) in [4.78, 5) is 31.1. The largest absolute Gasteiger partial charge is 0.494 e. The molecule has 2 heterocycles. The Balaban J connectivity index is 1.23. The molecular weight excluding hydrogens is 438 g/mol. The van der Waals surface area contributed by atoms with Crippen molar-refractivity contribution in [1.29, 1.82) is 0 Å². The van der Waals surface area contributed by atoms with Gasteiger partial charge in [-0.25, -0.2) is 4.79 Å². The van der Waals surface area contributed by atoms with E-state index in [0.717, 1.165) is 11.3 Å². The molecule has 0 unspecified atom stereocenters. The van der Waals surface area contributed by atoms with Gasteiger partial charge < -0.3 is 29.3 Å². The monoisotopic (exact) mass is 467 g/mol. The number of piperidine rings is 1. The van der Waals surface area contributed by atoms with Crippen molar-refractivity contribution in [1.82, 2.24) is 10.2 Å². The van der Waals surface area contributed by atoms with Gasteiger partial charge >= 0.3 is 6.09 Å². The molecule has 2 aliphatic heterocycles. The highest BCUT2D eigenvalue weighted by Crippen LogP contribution is 2.29. The molecule has 4 rings (SSSR count). The lowest BCUT2D eigenvalue weighted by atomic mass is 9.91. The van der Waals surface area contributed by atoms with Gasteiger partial charge in [0, 0.05) is 25.9 Å². The van der Waals surface area contributed by atoms with Crippen molar-refractivity contribution in [2.24, 2.45) is 5.16 Å². The summed E-state index contributed by atoms with van der Waals surface area (Å²) in [6.45, 7) is 5.95. The van der Waals surface area contributed by atoms with E-state index in [2.05, 4.69) is 10.5 Å². The number of hydrogen-bond donors (Lipinski definition) is 1. The van der Waals surface area contributed by atoms with Crippen LogP contribution in [0, 0.1) is 0 Å². The van der Waals surface area contributed by atoms with E-state index in [9.17, 15) is 9.59 Å². The standard InChI is InChI=1S/C25H29N3O6/c1-3-31-20-8-10-22(11-9-20)34-27-18(2)19-4-6-21(7-5-19)32-16-23(29)28-14-12-25(13-15-28)17-26-24(30)33-25/h4-11H,3,12-17H2,1-2H3,(H,26,30)/b27-18+. The third-order valence-corrected chi connectivity index (χ3v) is 5.95. The third kappa shape index (κ3) is 5.78. The fourth-order valence-electron chi connectivity index (χ4n) is 3.91. The zero-order valence-corrected chi connectivity index (χ0v) is 19.4. The minimum atomic E-state index is -0.472. The van der Waals surface area contributed by atoms with Crippen molar-refractivity contribution in [2.75, 3.05) is 32.8 Å². The maximum atomic E-state index is 12.5. The summed E-state index contributed by atoms with van der Waals surface area (Å²) in [5, 5.41) is 6.87. The molecule has 0 saturated carbocycles. The third-order valence-electron chi connectivity index (χ3n) is 5.95. The normalized spacial score (nSPS) is 17.2. The first-order chi connectivity index (χ1) is 16.5. The van der Waals surface area contributed by atoms with Gasteiger partial charge in [0.05, 0.1) is 18.9 Å². The average Bonchev–Trinajstić information content (AvgIpc) is 3.22. The summed E-state index contributed by atoms with van der Waals surface area (Å²) >= 11 is 0. The van der Waals surface area contributed by atoms with Gasteiger partial charge in [-0.2, -0.15) is 0 Å². The lowest BCUT2D eigenvalue weighted by Crippen LogP contribution is -2.49. The molecule has 1 spiro atoms. The highest BCUT2D eigenvalue weighted by atomic mass is 16.6. The number of hydrogen-bond acceptors (Lipinski definition) is 7. The molecule has 2 aliphatic rings. The van der Waals surface area contributed by atoms with Crippen LogP contribution in [0.2, 0.25) is 0 Å². The zero-order chi connectivity index (χ0) is 24.0. The summed E-state index contributed by atoms with van der Waals surface area (Å²) in [6.07, 6.45) is 0.877. The highest BCUT2D eigenvalue weighted by Gasteiger charge is 2.43. The van der Waals surface area contributed by atoms with Crippen LogP contribution in [0.4, 0.5) is 4.79 Å². The molecule has 9 heteroatoms. The minimum Gasteiger partial charge on any atom is -0.494 e. The molecule has 9 nitrogen and oxygen atoms in total. The van der Waals surface area contributed by atoms with Crippen LogP contribution < -0.4 is 19.6 Å². The number of carbonyl (C=O) groups is 2. The Morgan fingerprint density at radius 3 is 2.26 bits per heavy atom. The van der Waals surface area contributed by atoms with Crippen molar-refractivity contribution >= 4 is 17.7 Å². The van der Waals surface area contributed by atoms with Crippen LogP contribution >= 0.6 is 0 Å². The molecule has 2 amide bonds. The summed E-state index contributed by atoms with van der Waals surface area (Å²) < 4.78 is 16.5. The molecule has 2 aromatic carbocycles. The minimum absolute atomic E-state index is 0.0433. The molecule has 2 aromatic rings. The number of alkyl carbamates (subject to hydrolysis) is 1. The van der Waals surface area contributed by atoms with Crippen LogP contribution in [0.25, 0.3) is 0 Å². The van der Waals surface area contributed by atoms with Gasteiger partial charge in [0.15, 0.2) is 12.4 Å². The lowest BCUT2D eigenvalue weighted by molar-refractivity contribution is -0.136. The first-order valence-corrected chi connectivity index (χ1v) is 11.4. The number of likely N-dealkylation sites (tertiary alicyclic amines) is 1. The van der Waals surface area contributed by atoms with Gasteiger partial charge in [-0.3, -0.25) is 4.79 Å². The molecule has 1 N–H and O–H groups in total. The fourth-order valence-corrected chi connectivity index (χ4v) is 3.91. The van der Waals surface area contributed by atoms with E-state index in [4.69, 9.17) is 19.0 Å². The van der Waals surface area contributed by atoms with Crippen molar-refractivity contribution < 1.29 is 28.6 Å². The Bertz CT molecular complexity index is 1030. The van der Waals surface area contributed by atoms with Gasteiger partial charge in [0.25, 0.3) is 5.91 Å². The van der Waals surface area contributed by atoms with Crippen LogP contribution in [0.1, 0.15) is 32.3 Å². The quantitative estimate of drug-likeness (QED) is 0.472. The molecular formula is C25H29N3O6. The Kier molecular flexibility index (Phi) is 7.20. The van der Waals surface area contributed by atoms with Gasteiger partial charge in [-0.1, -0.05) is 5.16 Å². The molecule has 0 atom stereocenters. The molecule has 2 fully saturated rings. The molecule has 0 radical (unpaired) electrons. The van der Waals surface area contributed by atoms with Crippen molar-refractivity contribution in [3.8, 4) is 17.2 Å². The Labute approximate surface area is 198 Å². The predicted molar refractivity (Wildman–Crippen MR) is 125 cm³/mol. The fraction of sp³-hybridized carbons (Fsp3) is 0.400. The molecule has 0 bridgehead atoms. The predicted octanol–water partition coefficient (Wildman–Crippen LogP) is 3.37. The first kappa shape index (κ1) is 23.4. The maximum absolute atomic E-state index is 12.5. The highest BCUT2D eigenvalue weighted by molar-refractivity contribution is 5.98. The van der Waals surface area contributed by atoms with Gasteiger partial charge in [-0.05, 0) is 67.9 Å². The Morgan fingerprint density at radius 1 is 1.03 bits per heavy atom. The first-order valence-electron chi connectivity index (χ1n) is 11.4. The molecule has 0 aliphatic carbocycles. The van der Waals surface area contributed by atoms with Crippen LogP contribution in [0.3, 0.4) is 0 Å². The van der Waals surface area contributed by atoms with Crippen LogP contribution in [-0.4, -0.2) is 61.1 Å². The van der Waals surface area contributed by atoms with Crippen molar-refractivity contribution in [3.63, 3.8) is 0 Å². The number of rotatable bonds is 8. The number of nitrogens with one attached hydrogen (secondary N) is 1. The average molecular weight is 468 g/mol. The van der Waals surface area contributed by atoms with Gasteiger partial charge in [0.1, 0.15) is 17.1 Å². The topological polar surface area (TPSA) is 98.7 Å². The second-order valence-electron chi connectivity index (χ2n) is 8.29. The molecule has 2 saturated heterocycles. The summed E-state index contributed by atoms with van der Waals surface area (Å²) in [5.41, 5.74) is 1.12. The SMILES string of the molecule is CCOc1ccc(O/N=C(\C)c2ccc(OCC(=O)N3CCC4(CC3)CNC(=O)O4)cc2)cc1. The van der Waals surface area contributed by atoms with E-state index >= 15 is 0 Å². The molecule has 34 heavy (non-hydrogen) atoms. The molecule has 0 aromatic heterocycles. The second kappa shape index (κ2) is 10.5. The Morgan fingerprint density at radius 2 is 1.65 bits per heavy atom. The summed E-state index contributed by atoms with van der Waals surface area (Å²) in [7, 11) is 0. The number of amides is 2. The van der Waals surface area contributed by atoms with E-state index in [1.165, 1.54) is 0 Å². The maximum Gasteiger partial charge on any atom is 0.407 e. The summed E-state index contributed by atoms with van der Waals surface area (Å²) in [6, 6.07) is 14.6. The second-order valence-corrected chi connectivity index (χ2v) is 8.29. The summed E-state index contributed by atoms with van der Waals surface area (Å²) in [5.74, 6) is 1.91. The van der Waals surface area contributed by atoms with Crippen LogP contribution in [-0.2, 0) is 9.53 Å². The number of nitrogens with zero attached hydrogens (tertiary/aromatic N) is 2. The number of carbonyl (C=O) groups excluding carboxylic acids is 2. The van der Waals surface area contributed by atoms with Gasteiger partial charge in [0.2, 0.25) is 0 Å². The number of ether oxygens (including phenoxy) is 3. The van der Waals surface area contributed by atoms with Crippen molar-refractivity contribution in [3.05, 3.63) is 54.1 Å². The molecule has 180 valence electrons. The van der Waals surface area contributed by atoms with Crippen LogP contribution in [0.5, 0.6) is 17.2 Å². The van der Waals surface area contributed by atoms with Crippen LogP contribution in [0.15, 0.2) is 53.7 Å². The smallest absolute Gasteiger partial charge is 0.407 e. The lowest BCUT2D eigenvalue weighted by Gasteiger charge is -2.37. The number of benzene rings is 2. The van der Waals surface area contributed by atoms with E-state index in [-0.39, 0.29) is 18.6 Å².